The average molecular weight is 272 g/mol. The zero-order chi connectivity index (χ0) is 14.1. The van der Waals surface area contributed by atoms with Gasteiger partial charge < -0.3 is 4.57 Å². The summed E-state index contributed by atoms with van der Waals surface area (Å²) >= 11 is 0. The Morgan fingerprint density at radius 3 is 2.75 bits per heavy atom. The van der Waals surface area contributed by atoms with Crippen molar-refractivity contribution >= 4 is 0 Å². The average Bonchev–Trinajstić information content (AvgIpc) is 3.00. The Morgan fingerprint density at radius 2 is 1.95 bits per heavy atom. The molecule has 2 atom stereocenters. The van der Waals surface area contributed by atoms with E-state index in [2.05, 4.69) is 43.9 Å². The van der Waals surface area contributed by atoms with E-state index in [0.29, 0.717) is 0 Å². The SMILES string of the molecule is Cc1nccnc1C(C)NC(C)c1nnc2n1CCC2. The Bertz CT molecular complexity index is 605. The highest BCUT2D eigenvalue weighted by atomic mass is 15.3. The molecule has 6 nitrogen and oxygen atoms in total. The third-order valence-electron chi connectivity index (χ3n) is 3.85. The standard InChI is InChI=1S/C14H20N6/c1-9-13(16-7-6-15-9)10(2)17-11(3)14-19-18-12-5-4-8-20(12)14/h6-7,10-11,17H,4-5,8H2,1-3H3. The molecule has 1 N–H and O–H groups in total. The lowest BCUT2D eigenvalue weighted by Crippen LogP contribution is -2.26. The number of rotatable bonds is 4. The van der Waals surface area contributed by atoms with Gasteiger partial charge >= 0.3 is 0 Å². The van der Waals surface area contributed by atoms with Crippen LogP contribution in [0, 0.1) is 6.92 Å². The molecule has 1 aliphatic rings. The lowest BCUT2D eigenvalue weighted by Gasteiger charge is -2.20. The lowest BCUT2D eigenvalue weighted by atomic mass is 10.1. The van der Waals surface area contributed by atoms with Crippen molar-refractivity contribution in [3.05, 3.63) is 35.4 Å². The number of nitrogens with zero attached hydrogens (tertiary/aromatic N) is 5. The van der Waals surface area contributed by atoms with Gasteiger partial charge in [0, 0.05) is 31.4 Å². The van der Waals surface area contributed by atoms with E-state index in [4.69, 9.17) is 0 Å². The summed E-state index contributed by atoms with van der Waals surface area (Å²) in [4.78, 5) is 8.71. The molecule has 0 saturated heterocycles. The van der Waals surface area contributed by atoms with E-state index < -0.39 is 0 Å². The highest BCUT2D eigenvalue weighted by Crippen LogP contribution is 2.22. The molecule has 0 aromatic carbocycles. The monoisotopic (exact) mass is 272 g/mol. The van der Waals surface area contributed by atoms with Crippen molar-refractivity contribution in [3.8, 4) is 0 Å². The van der Waals surface area contributed by atoms with Gasteiger partial charge in [-0.1, -0.05) is 0 Å². The van der Waals surface area contributed by atoms with Crippen LogP contribution in [-0.4, -0.2) is 24.7 Å². The van der Waals surface area contributed by atoms with Gasteiger partial charge in [-0.15, -0.1) is 10.2 Å². The first-order chi connectivity index (χ1) is 9.66. The summed E-state index contributed by atoms with van der Waals surface area (Å²) in [6, 6.07) is 0.277. The van der Waals surface area contributed by atoms with Crippen LogP contribution in [-0.2, 0) is 13.0 Å². The maximum Gasteiger partial charge on any atom is 0.149 e. The van der Waals surface area contributed by atoms with Crippen LogP contribution in [0.3, 0.4) is 0 Å². The maximum atomic E-state index is 4.42. The van der Waals surface area contributed by atoms with Crippen molar-refractivity contribution in [1.29, 1.82) is 0 Å². The molecule has 0 aliphatic carbocycles. The van der Waals surface area contributed by atoms with Gasteiger partial charge in [0.15, 0.2) is 0 Å². The summed E-state index contributed by atoms with van der Waals surface area (Å²) in [5, 5.41) is 12.1. The van der Waals surface area contributed by atoms with E-state index in [9.17, 15) is 0 Å². The Kier molecular flexibility index (Phi) is 3.48. The van der Waals surface area contributed by atoms with Crippen LogP contribution in [0.5, 0.6) is 0 Å². The van der Waals surface area contributed by atoms with Crippen molar-refractivity contribution in [2.75, 3.05) is 0 Å². The number of aryl methyl sites for hydroxylation is 2. The van der Waals surface area contributed by atoms with E-state index in [1.165, 1.54) is 6.42 Å². The Labute approximate surface area is 118 Å². The molecule has 1 aliphatic heterocycles. The fourth-order valence-electron chi connectivity index (χ4n) is 2.87. The molecule has 20 heavy (non-hydrogen) atoms. The molecule has 3 heterocycles. The van der Waals surface area contributed by atoms with Gasteiger partial charge in [-0.25, -0.2) is 0 Å². The van der Waals surface area contributed by atoms with Crippen molar-refractivity contribution in [3.63, 3.8) is 0 Å². The van der Waals surface area contributed by atoms with Crippen LogP contribution in [0.15, 0.2) is 12.4 Å². The van der Waals surface area contributed by atoms with Crippen LogP contribution in [0.25, 0.3) is 0 Å². The van der Waals surface area contributed by atoms with E-state index in [-0.39, 0.29) is 12.1 Å². The topological polar surface area (TPSA) is 68.5 Å². The molecule has 0 bridgehead atoms. The minimum absolute atomic E-state index is 0.132. The quantitative estimate of drug-likeness (QED) is 0.918. The van der Waals surface area contributed by atoms with Crippen molar-refractivity contribution in [2.24, 2.45) is 0 Å². The maximum absolute atomic E-state index is 4.42. The molecule has 0 spiro atoms. The van der Waals surface area contributed by atoms with E-state index in [1.54, 1.807) is 12.4 Å². The number of fused-ring (bicyclic) bond motifs is 1. The second-order valence-corrected chi connectivity index (χ2v) is 5.37. The summed E-state index contributed by atoms with van der Waals surface area (Å²) in [5.41, 5.74) is 1.95. The van der Waals surface area contributed by atoms with Crippen LogP contribution < -0.4 is 5.32 Å². The van der Waals surface area contributed by atoms with Crippen LogP contribution >= 0.6 is 0 Å². The molecule has 106 valence electrons. The fraction of sp³-hybridized carbons (Fsp3) is 0.571. The van der Waals surface area contributed by atoms with E-state index in [0.717, 1.165) is 36.0 Å². The van der Waals surface area contributed by atoms with Gasteiger partial charge in [-0.2, -0.15) is 0 Å². The number of aromatic nitrogens is 5. The first-order valence-corrected chi connectivity index (χ1v) is 7.12. The summed E-state index contributed by atoms with van der Waals surface area (Å²) < 4.78 is 2.23. The Balaban J connectivity index is 1.76. The molecule has 6 heteroatoms. The van der Waals surface area contributed by atoms with Crippen LogP contribution in [0.4, 0.5) is 0 Å². The number of nitrogens with one attached hydrogen (secondary N) is 1. The summed E-state index contributed by atoms with van der Waals surface area (Å²) in [5.74, 6) is 2.13. The first kappa shape index (κ1) is 13.2. The molecule has 3 rings (SSSR count). The molecule has 2 aromatic heterocycles. The highest BCUT2D eigenvalue weighted by Gasteiger charge is 2.23. The molecular weight excluding hydrogens is 252 g/mol. The van der Waals surface area contributed by atoms with Crippen molar-refractivity contribution in [1.82, 2.24) is 30.0 Å². The second-order valence-electron chi connectivity index (χ2n) is 5.37. The molecule has 0 fully saturated rings. The molecule has 0 radical (unpaired) electrons. The Hall–Kier alpha value is -1.82. The van der Waals surface area contributed by atoms with Gasteiger partial charge in [0.25, 0.3) is 0 Å². The van der Waals surface area contributed by atoms with E-state index >= 15 is 0 Å². The highest BCUT2D eigenvalue weighted by molar-refractivity contribution is 5.13. The third kappa shape index (κ3) is 2.31. The normalized spacial score (nSPS) is 16.9. The van der Waals surface area contributed by atoms with Gasteiger partial charge in [0.1, 0.15) is 11.6 Å². The molecule has 0 amide bonds. The van der Waals surface area contributed by atoms with E-state index in [1.807, 2.05) is 6.92 Å². The molecule has 2 unspecified atom stereocenters. The molecular formula is C14H20N6. The Morgan fingerprint density at radius 1 is 1.15 bits per heavy atom. The van der Waals surface area contributed by atoms with Crippen molar-refractivity contribution < 1.29 is 0 Å². The van der Waals surface area contributed by atoms with Gasteiger partial charge in [-0.05, 0) is 27.2 Å². The predicted octanol–water partition coefficient (Wildman–Crippen LogP) is 1.73. The third-order valence-corrected chi connectivity index (χ3v) is 3.85. The van der Waals surface area contributed by atoms with Gasteiger partial charge in [0.05, 0.1) is 17.4 Å². The smallest absolute Gasteiger partial charge is 0.149 e. The second kappa shape index (κ2) is 5.28. The zero-order valence-electron chi connectivity index (χ0n) is 12.2. The lowest BCUT2D eigenvalue weighted by molar-refractivity contribution is 0.451. The molecule has 0 saturated carbocycles. The largest absolute Gasteiger partial charge is 0.314 e. The van der Waals surface area contributed by atoms with Gasteiger partial charge in [-0.3, -0.25) is 15.3 Å². The number of hydrogen-bond acceptors (Lipinski definition) is 5. The summed E-state index contributed by atoms with van der Waals surface area (Å²) in [6.45, 7) is 7.24. The zero-order valence-corrected chi connectivity index (χ0v) is 12.2. The molecule has 2 aromatic rings. The number of hydrogen-bond donors (Lipinski definition) is 1. The predicted molar refractivity (Wildman–Crippen MR) is 75.1 cm³/mol. The van der Waals surface area contributed by atoms with Gasteiger partial charge in [0.2, 0.25) is 0 Å². The van der Waals surface area contributed by atoms with Crippen LogP contribution in [0.2, 0.25) is 0 Å². The van der Waals surface area contributed by atoms with Crippen LogP contribution in [0.1, 0.15) is 55.4 Å². The van der Waals surface area contributed by atoms with Crippen molar-refractivity contribution in [2.45, 2.75) is 52.2 Å². The first-order valence-electron chi connectivity index (χ1n) is 7.12. The summed E-state index contributed by atoms with van der Waals surface area (Å²) in [6.07, 6.45) is 5.67. The summed E-state index contributed by atoms with van der Waals surface area (Å²) in [7, 11) is 0. The fourth-order valence-corrected chi connectivity index (χ4v) is 2.87. The minimum Gasteiger partial charge on any atom is -0.314 e. The minimum atomic E-state index is 0.132.